The quantitative estimate of drug-likeness (QED) is 0.674. The molecule has 2 rings (SSSR count). The summed E-state index contributed by atoms with van der Waals surface area (Å²) >= 11 is 0. The lowest BCUT2D eigenvalue weighted by Crippen LogP contribution is -2.29. The first-order chi connectivity index (χ1) is 10.2. The molecule has 5 heteroatoms. The minimum atomic E-state index is 0.520. The number of hydrogen-bond donors (Lipinski definition) is 1. The number of rotatable bonds is 5. The molecule has 0 unspecified atom stereocenters. The summed E-state index contributed by atoms with van der Waals surface area (Å²) in [5.41, 5.74) is 2.45. The fourth-order valence-corrected chi connectivity index (χ4v) is 1.99. The maximum Gasteiger partial charge on any atom is 0.161 e. The largest absolute Gasteiger partial charge is 0.493 e. The summed E-state index contributed by atoms with van der Waals surface area (Å²) in [5, 5.41) is 10.4. The summed E-state index contributed by atoms with van der Waals surface area (Å²) in [4.78, 5) is 0. The third kappa shape index (κ3) is 3.44. The number of nitriles is 1. The van der Waals surface area contributed by atoms with Crippen molar-refractivity contribution in [1.29, 1.82) is 5.26 Å². The van der Waals surface area contributed by atoms with Crippen LogP contribution in [0.25, 0.3) is 0 Å². The Bertz CT molecular complexity index is 648. The van der Waals surface area contributed by atoms with Crippen LogP contribution < -0.4 is 20.3 Å². The Morgan fingerprint density at radius 1 is 1.05 bits per heavy atom. The van der Waals surface area contributed by atoms with Gasteiger partial charge in [-0.2, -0.15) is 5.26 Å². The highest BCUT2D eigenvalue weighted by molar-refractivity contribution is 5.50. The summed E-state index contributed by atoms with van der Waals surface area (Å²) in [6, 6.07) is 14.9. The summed E-state index contributed by atoms with van der Waals surface area (Å²) in [6.07, 6.45) is 0. The lowest BCUT2D eigenvalue weighted by molar-refractivity contribution is 0.354. The first-order valence-electron chi connectivity index (χ1n) is 6.41. The van der Waals surface area contributed by atoms with E-state index in [2.05, 4.69) is 6.07 Å². The summed E-state index contributed by atoms with van der Waals surface area (Å²) in [5.74, 6) is 7.41. The van der Waals surface area contributed by atoms with E-state index in [0.717, 1.165) is 11.3 Å². The van der Waals surface area contributed by atoms with Crippen molar-refractivity contribution >= 4 is 5.69 Å². The van der Waals surface area contributed by atoms with Gasteiger partial charge in [0.2, 0.25) is 0 Å². The van der Waals surface area contributed by atoms with Crippen molar-refractivity contribution in [3.8, 4) is 17.6 Å². The zero-order valence-electron chi connectivity index (χ0n) is 12.0. The molecule has 2 N–H and O–H groups in total. The molecule has 21 heavy (non-hydrogen) atoms. The van der Waals surface area contributed by atoms with E-state index >= 15 is 0 Å². The monoisotopic (exact) mass is 283 g/mol. The van der Waals surface area contributed by atoms with Gasteiger partial charge in [0, 0.05) is 0 Å². The van der Waals surface area contributed by atoms with Crippen LogP contribution in [-0.4, -0.2) is 14.2 Å². The zero-order valence-corrected chi connectivity index (χ0v) is 12.0. The number of ether oxygens (including phenoxy) is 2. The average Bonchev–Trinajstić information content (AvgIpc) is 2.54. The van der Waals surface area contributed by atoms with Crippen LogP contribution in [0, 0.1) is 11.3 Å². The second-order valence-corrected chi connectivity index (χ2v) is 4.48. The van der Waals surface area contributed by atoms with E-state index in [0.29, 0.717) is 23.6 Å². The van der Waals surface area contributed by atoms with Crippen molar-refractivity contribution in [2.24, 2.45) is 5.84 Å². The molecule has 0 heterocycles. The molecule has 0 radical (unpaired) electrons. The maximum atomic E-state index is 8.79. The Morgan fingerprint density at radius 3 is 2.29 bits per heavy atom. The number of hydrazine groups is 1. The highest BCUT2D eigenvalue weighted by atomic mass is 16.5. The van der Waals surface area contributed by atoms with Gasteiger partial charge in [-0.3, -0.25) is 0 Å². The molecule has 0 aliphatic heterocycles. The van der Waals surface area contributed by atoms with Crippen molar-refractivity contribution in [3.05, 3.63) is 53.6 Å². The molecule has 2 aromatic rings. The molecule has 0 saturated heterocycles. The van der Waals surface area contributed by atoms with Gasteiger partial charge in [-0.1, -0.05) is 6.07 Å². The number of methoxy groups -OCH3 is 2. The van der Waals surface area contributed by atoms with E-state index in [4.69, 9.17) is 20.6 Å². The Labute approximate surface area is 124 Å². The molecule has 0 fully saturated rings. The van der Waals surface area contributed by atoms with Gasteiger partial charge in [-0.15, -0.1) is 0 Å². The highest BCUT2D eigenvalue weighted by Gasteiger charge is 2.07. The second-order valence-electron chi connectivity index (χ2n) is 4.48. The van der Waals surface area contributed by atoms with E-state index < -0.39 is 0 Å². The number of benzene rings is 2. The molecular weight excluding hydrogens is 266 g/mol. The van der Waals surface area contributed by atoms with Crippen LogP contribution in [0.2, 0.25) is 0 Å². The van der Waals surface area contributed by atoms with Crippen LogP contribution in [0.4, 0.5) is 5.69 Å². The van der Waals surface area contributed by atoms with Crippen molar-refractivity contribution in [2.45, 2.75) is 6.54 Å². The smallest absolute Gasteiger partial charge is 0.161 e. The van der Waals surface area contributed by atoms with Crippen molar-refractivity contribution in [2.75, 3.05) is 19.2 Å². The van der Waals surface area contributed by atoms with E-state index in [1.165, 1.54) is 0 Å². The predicted molar refractivity (Wildman–Crippen MR) is 81.1 cm³/mol. The van der Waals surface area contributed by atoms with Crippen LogP contribution in [0.5, 0.6) is 11.5 Å². The van der Waals surface area contributed by atoms with Crippen LogP contribution in [-0.2, 0) is 6.54 Å². The Morgan fingerprint density at radius 2 is 1.71 bits per heavy atom. The predicted octanol–water partition coefficient (Wildman–Crippen LogP) is 2.46. The lowest BCUT2D eigenvalue weighted by atomic mass is 10.1. The van der Waals surface area contributed by atoms with Crippen LogP contribution in [0.1, 0.15) is 11.1 Å². The van der Waals surface area contributed by atoms with Crippen LogP contribution >= 0.6 is 0 Å². The number of anilines is 1. The minimum Gasteiger partial charge on any atom is -0.493 e. The zero-order chi connectivity index (χ0) is 15.2. The first-order valence-corrected chi connectivity index (χ1v) is 6.41. The van der Waals surface area contributed by atoms with Gasteiger partial charge in [0.05, 0.1) is 38.1 Å². The third-order valence-electron chi connectivity index (χ3n) is 3.13. The van der Waals surface area contributed by atoms with Crippen molar-refractivity contribution in [3.63, 3.8) is 0 Å². The van der Waals surface area contributed by atoms with Crippen LogP contribution in [0.15, 0.2) is 42.5 Å². The maximum absolute atomic E-state index is 8.79. The van der Waals surface area contributed by atoms with Crippen LogP contribution in [0.3, 0.4) is 0 Å². The molecular formula is C16H17N3O2. The standard InChI is InChI=1S/C16H17N3O2/c1-20-15-8-5-13(9-16(15)21-2)11-19(18)14-6-3-12(10-17)4-7-14/h3-9H,11,18H2,1-2H3. The van der Waals surface area contributed by atoms with Gasteiger partial charge in [-0.05, 0) is 42.0 Å². The minimum absolute atomic E-state index is 0.520. The SMILES string of the molecule is COc1ccc(CN(N)c2ccc(C#N)cc2)cc1OC. The number of nitrogens with zero attached hydrogens (tertiary/aromatic N) is 2. The summed E-state index contributed by atoms with van der Waals surface area (Å²) < 4.78 is 10.5. The molecule has 0 amide bonds. The van der Waals surface area contributed by atoms with E-state index in [1.54, 1.807) is 31.4 Å². The van der Waals surface area contributed by atoms with Gasteiger partial charge in [0.15, 0.2) is 11.5 Å². The second kappa shape index (κ2) is 6.64. The van der Waals surface area contributed by atoms with Gasteiger partial charge in [0.25, 0.3) is 0 Å². The van der Waals surface area contributed by atoms with Crippen molar-refractivity contribution < 1.29 is 9.47 Å². The number of hydrogen-bond acceptors (Lipinski definition) is 5. The Kier molecular flexibility index (Phi) is 4.64. The molecule has 0 spiro atoms. The number of nitrogens with two attached hydrogens (primary N) is 1. The van der Waals surface area contributed by atoms with E-state index in [9.17, 15) is 0 Å². The normalized spacial score (nSPS) is 9.81. The van der Waals surface area contributed by atoms with Gasteiger partial charge in [-0.25, -0.2) is 5.84 Å². The van der Waals surface area contributed by atoms with Crippen molar-refractivity contribution in [1.82, 2.24) is 0 Å². The lowest BCUT2D eigenvalue weighted by Gasteiger charge is -2.19. The molecule has 2 aromatic carbocycles. The summed E-state index contributed by atoms with van der Waals surface area (Å²) in [6.45, 7) is 0.520. The molecule has 108 valence electrons. The molecule has 5 nitrogen and oxygen atoms in total. The van der Waals surface area contributed by atoms with Gasteiger partial charge >= 0.3 is 0 Å². The molecule has 0 aliphatic carbocycles. The molecule has 0 saturated carbocycles. The van der Waals surface area contributed by atoms with E-state index in [1.807, 2.05) is 30.3 Å². The molecule has 0 aromatic heterocycles. The average molecular weight is 283 g/mol. The Hall–Kier alpha value is -2.71. The molecule has 0 bridgehead atoms. The molecule has 0 atom stereocenters. The topological polar surface area (TPSA) is 71.5 Å². The third-order valence-corrected chi connectivity index (χ3v) is 3.13. The van der Waals surface area contributed by atoms with Gasteiger partial charge < -0.3 is 14.5 Å². The van der Waals surface area contributed by atoms with E-state index in [-0.39, 0.29) is 0 Å². The fraction of sp³-hybridized carbons (Fsp3) is 0.188. The first kappa shape index (κ1) is 14.7. The highest BCUT2D eigenvalue weighted by Crippen LogP contribution is 2.28. The Balaban J connectivity index is 2.15. The van der Waals surface area contributed by atoms with Gasteiger partial charge in [0.1, 0.15) is 0 Å². The summed E-state index contributed by atoms with van der Waals surface area (Å²) in [7, 11) is 3.20. The fourth-order valence-electron chi connectivity index (χ4n) is 1.99. The molecule has 0 aliphatic rings.